The lowest BCUT2D eigenvalue weighted by Crippen LogP contribution is -2.26. The van der Waals surface area contributed by atoms with Crippen molar-refractivity contribution < 1.29 is 9.66 Å². The molecule has 2 rings (SSSR count). The summed E-state index contributed by atoms with van der Waals surface area (Å²) >= 11 is 0. The molecule has 0 bridgehead atoms. The van der Waals surface area contributed by atoms with E-state index in [-0.39, 0.29) is 5.69 Å². The summed E-state index contributed by atoms with van der Waals surface area (Å²) in [6, 6.07) is 5.96. The minimum atomic E-state index is -0.808. The maximum atomic E-state index is 11.5. The van der Waals surface area contributed by atoms with Gasteiger partial charge in [-0.25, -0.2) is 4.99 Å². The van der Waals surface area contributed by atoms with E-state index in [9.17, 15) is 15.3 Å². The Balaban J connectivity index is 2.35. The highest BCUT2D eigenvalue weighted by molar-refractivity contribution is 6.37. The average Bonchev–Trinajstić information content (AvgIpc) is 2.54. The maximum absolute atomic E-state index is 11.5. The van der Waals surface area contributed by atoms with E-state index < -0.39 is 10.6 Å². The fourth-order valence-electron chi connectivity index (χ4n) is 1.53. The molecule has 6 heteroatoms. The molecule has 0 aromatic heterocycles. The van der Waals surface area contributed by atoms with Gasteiger partial charge in [0.25, 0.3) is 11.4 Å². The molecule has 1 aromatic rings. The van der Waals surface area contributed by atoms with E-state index in [0.717, 1.165) is 4.74 Å². The first-order valence-electron chi connectivity index (χ1n) is 5.06. The van der Waals surface area contributed by atoms with E-state index in [2.05, 4.69) is 4.99 Å². The molecule has 0 aliphatic carbocycles. The topological polar surface area (TPSA) is 81.6 Å². The van der Waals surface area contributed by atoms with Crippen molar-refractivity contribution in [2.45, 2.75) is 19.5 Å². The smallest absolute Gasteiger partial charge is 0.269 e. The first-order chi connectivity index (χ1) is 7.90. The standard InChI is InChI=1S/C11H11N3O3/c1-11(2)12-10(7-13(11)15)8-3-5-9(6-4-8)14(16)17/h3-7H,1-2H3. The summed E-state index contributed by atoms with van der Waals surface area (Å²) in [5, 5.41) is 22.0. The Hall–Kier alpha value is -2.24. The van der Waals surface area contributed by atoms with Gasteiger partial charge in [0.1, 0.15) is 5.71 Å². The van der Waals surface area contributed by atoms with Gasteiger partial charge < -0.3 is 5.21 Å². The van der Waals surface area contributed by atoms with E-state index in [4.69, 9.17) is 0 Å². The van der Waals surface area contributed by atoms with Gasteiger partial charge in [0.05, 0.1) is 4.92 Å². The largest absolute Gasteiger partial charge is 0.622 e. The summed E-state index contributed by atoms with van der Waals surface area (Å²) < 4.78 is 0.768. The zero-order valence-electron chi connectivity index (χ0n) is 9.45. The number of hydrogen-bond donors (Lipinski definition) is 0. The molecule has 0 N–H and O–H groups in total. The van der Waals surface area contributed by atoms with Crippen molar-refractivity contribution in [3.63, 3.8) is 0 Å². The number of non-ortho nitro benzene ring substituents is 1. The summed E-state index contributed by atoms with van der Waals surface area (Å²) in [7, 11) is 0. The number of rotatable bonds is 2. The summed E-state index contributed by atoms with van der Waals surface area (Å²) in [5.41, 5.74) is 0.449. The lowest BCUT2D eigenvalue weighted by molar-refractivity contribution is -0.528. The van der Waals surface area contributed by atoms with Gasteiger partial charge in [-0.05, 0) is 12.1 Å². The molecule has 17 heavy (non-hydrogen) atoms. The van der Waals surface area contributed by atoms with Crippen molar-refractivity contribution in [3.05, 3.63) is 45.2 Å². The first kappa shape index (κ1) is 11.3. The van der Waals surface area contributed by atoms with Crippen LogP contribution in [0, 0.1) is 15.3 Å². The molecule has 0 atom stereocenters. The predicted molar refractivity (Wildman–Crippen MR) is 63.4 cm³/mol. The molecule has 0 unspecified atom stereocenters. The highest BCUT2D eigenvalue weighted by Crippen LogP contribution is 2.19. The van der Waals surface area contributed by atoms with Crippen LogP contribution in [0.1, 0.15) is 19.4 Å². The number of hydrogen-bond acceptors (Lipinski definition) is 4. The lowest BCUT2D eigenvalue weighted by atomic mass is 10.1. The molecule has 6 nitrogen and oxygen atoms in total. The molecule has 88 valence electrons. The van der Waals surface area contributed by atoms with Crippen molar-refractivity contribution in [1.29, 1.82) is 0 Å². The second kappa shape index (κ2) is 3.65. The van der Waals surface area contributed by atoms with Crippen molar-refractivity contribution in [1.82, 2.24) is 0 Å². The van der Waals surface area contributed by atoms with Crippen LogP contribution in [0.15, 0.2) is 29.3 Å². The summed E-state index contributed by atoms with van der Waals surface area (Å²) in [6.07, 6.45) is 1.39. The third-order valence-electron chi connectivity index (χ3n) is 2.55. The molecule has 1 heterocycles. The molecular formula is C11H11N3O3. The highest BCUT2D eigenvalue weighted by Gasteiger charge is 2.32. The molecule has 0 saturated carbocycles. The minimum Gasteiger partial charge on any atom is -0.622 e. The normalized spacial score (nSPS) is 17.5. The number of nitro groups is 1. The Morgan fingerprint density at radius 3 is 2.29 bits per heavy atom. The summed E-state index contributed by atoms with van der Waals surface area (Å²) in [6.45, 7) is 3.41. The van der Waals surface area contributed by atoms with Gasteiger partial charge in [-0.3, -0.25) is 10.1 Å². The quantitative estimate of drug-likeness (QED) is 0.337. The lowest BCUT2D eigenvalue weighted by Gasteiger charge is -2.13. The number of nitrogens with zero attached hydrogens (tertiary/aromatic N) is 3. The molecule has 0 saturated heterocycles. The fourth-order valence-corrected chi connectivity index (χ4v) is 1.53. The molecule has 0 radical (unpaired) electrons. The van der Waals surface area contributed by atoms with Crippen LogP contribution in [0.4, 0.5) is 5.69 Å². The Morgan fingerprint density at radius 2 is 1.88 bits per heavy atom. The Kier molecular flexibility index (Phi) is 2.42. The van der Waals surface area contributed by atoms with Crippen LogP contribution in [0.5, 0.6) is 0 Å². The minimum absolute atomic E-state index is 0.0191. The van der Waals surface area contributed by atoms with Gasteiger partial charge in [0.2, 0.25) is 6.21 Å². The number of aliphatic imine (C=N–C) groups is 1. The van der Waals surface area contributed by atoms with Gasteiger partial charge >= 0.3 is 0 Å². The van der Waals surface area contributed by atoms with Gasteiger partial charge in [-0.2, -0.15) is 4.74 Å². The second-order valence-electron chi connectivity index (χ2n) is 4.25. The van der Waals surface area contributed by atoms with E-state index >= 15 is 0 Å². The first-order valence-corrected chi connectivity index (χ1v) is 5.06. The van der Waals surface area contributed by atoms with Crippen molar-refractivity contribution in [2.75, 3.05) is 0 Å². The second-order valence-corrected chi connectivity index (χ2v) is 4.25. The summed E-state index contributed by atoms with van der Waals surface area (Å²) in [4.78, 5) is 14.3. The molecular weight excluding hydrogens is 222 g/mol. The third-order valence-corrected chi connectivity index (χ3v) is 2.55. The van der Waals surface area contributed by atoms with Crippen LogP contribution in [0.3, 0.4) is 0 Å². The fraction of sp³-hybridized carbons (Fsp3) is 0.273. The van der Waals surface area contributed by atoms with Crippen LogP contribution < -0.4 is 0 Å². The van der Waals surface area contributed by atoms with Gasteiger partial charge in [0.15, 0.2) is 0 Å². The van der Waals surface area contributed by atoms with Crippen LogP contribution in [0.2, 0.25) is 0 Å². The molecule has 1 aliphatic rings. The third kappa shape index (κ3) is 2.01. The van der Waals surface area contributed by atoms with Crippen molar-refractivity contribution in [2.24, 2.45) is 4.99 Å². The molecule has 0 amide bonds. The van der Waals surface area contributed by atoms with Crippen molar-refractivity contribution in [3.8, 4) is 0 Å². The highest BCUT2D eigenvalue weighted by atomic mass is 16.6. The van der Waals surface area contributed by atoms with Gasteiger partial charge in [0, 0.05) is 31.5 Å². The zero-order valence-corrected chi connectivity index (χ0v) is 9.45. The van der Waals surface area contributed by atoms with Crippen molar-refractivity contribution >= 4 is 17.6 Å². The number of benzene rings is 1. The molecule has 0 fully saturated rings. The maximum Gasteiger partial charge on any atom is 0.269 e. The molecule has 1 aromatic carbocycles. The molecule has 0 spiro atoms. The van der Waals surface area contributed by atoms with E-state index in [1.165, 1.54) is 18.3 Å². The number of nitro benzene ring substituents is 1. The van der Waals surface area contributed by atoms with E-state index in [1.54, 1.807) is 26.0 Å². The summed E-state index contributed by atoms with van der Waals surface area (Å²) in [5.74, 6) is 0. The zero-order chi connectivity index (χ0) is 12.6. The average molecular weight is 233 g/mol. The number of hydroxylamine groups is 1. The monoisotopic (exact) mass is 233 g/mol. The Bertz CT molecular complexity index is 529. The van der Waals surface area contributed by atoms with Crippen LogP contribution in [-0.4, -0.2) is 27.3 Å². The Morgan fingerprint density at radius 1 is 1.29 bits per heavy atom. The van der Waals surface area contributed by atoms with Crippen LogP contribution >= 0.6 is 0 Å². The van der Waals surface area contributed by atoms with E-state index in [0.29, 0.717) is 11.3 Å². The predicted octanol–water partition coefficient (Wildman–Crippen LogP) is 1.71. The van der Waals surface area contributed by atoms with Gasteiger partial charge in [-0.15, -0.1) is 0 Å². The van der Waals surface area contributed by atoms with E-state index in [1.807, 2.05) is 0 Å². The van der Waals surface area contributed by atoms with Crippen LogP contribution in [0.25, 0.3) is 0 Å². The van der Waals surface area contributed by atoms with Crippen LogP contribution in [-0.2, 0) is 0 Å². The molecule has 1 aliphatic heterocycles. The SMILES string of the molecule is CC1(C)N=C(c2ccc([N+](=O)[O-])cc2)C=[N+]1[O-]. The van der Waals surface area contributed by atoms with Gasteiger partial charge in [-0.1, -0.05) is 0 Å². The Labute approximate surface area is 97.7 Å².